The molecule has 2 amide bonds. The molecule has 0 radical (unpaired) electrons. The zero-order valence-electron chi connectivity index (χ0n) is 14.4. The Morgan fingerprint density at radius 1 is 1.08 bits per heavy atom. The molecule has 1 aliphatic heterocycles. The van der Waals surface area contributed by atoms with E-state index in [2.05, 4.69) is 21.2 Å². The van der Waals surface area contributed by atoms with Crippen LogP contribution in [-0.2, 0) is 9.59 Å². The average Bonchev–Trinajstić information content (AvgIpc) is 2.68. The zero-order valence-corrected chi connectivity index (χ0v) is 16.0. The number of anilines is 1. The zero-order chi connectivity index (χ0) is 18.4. The molecule has 0 spiro atoms. The third-order valence-electron chi connectivity index (χ3n) is 4.46. The maximum absolute atomic E-state index is 12.5. The minimum absolute atomic E-state index is 0.0246. The number of carbonyl (C=O) groups is 2. The van der Waals surface area contributed by atoms with E-state index in [1.54, 1.807) is 17.1 Å². The summed E-state index contributed by atoms with van der Waals surface area (Å²) >= 11 is 3.47. The van der Waals surface area contributed by atoms with Crippen molar-refractivity contribution >= 4 is 39.5 Å². The van der Waals surface area contributed by atoms with Crippen LogP contribution in [0.3, 0.4) is 0 Å². The highest BCUT2D eigenvalue weighted by Gasteiger charge is 2.27. The molecule has 26 heavy (non-hydrogen) atoms. The first-order valence-corrected chi connectivity index (χ1v) is 9.50. The molecule has 5 heteroatoms. The van der Waals surface area contributed by atoms with Crippen LogP contribution in [0.5, 0.6) is 0 Å². The van der Waals surface area contributed by atoms with Crippen LogP contribution in [-0.4, -0.2) is 29.8 Å². The second kappa shape index (κ2) is 8.81. The minimum Gasteiger partial charge on any atom is -0.338 e. The van der Waals surface area contributed by atoms with Gasteiger partial charge in [-0.2, -0.15) is 0 Å². The largest absolute Gasteiger partial charge is 0.338 e. The van der Waals surface area contributed by atoms with Gasteiger partial charge in [-0.15, -0.1) is 0 Å². The lowest BCUT2D eigenvalue weighted by molar-refractivity contribution is -0.130. The van der Waals surface area contributed by atoms with Gasteiger partial charge in [-0.25, -0.2) is 0 Å². The van der Waals surface area contributed by atoms with E-state index < -0.39 is 0 Å². The number of hydrogen-bond donors (Lipinski definition) is 1. The van der Waals surface area contributed by atoms with Gasteiger partial charge in [0.05, 0.1) is 5.92 Å². The Morgan fingerprint density at radius 2 is 1.81 bits per heavy atom. The molecule has 0 saturated carbocycles. The summed E-state index contributed by atoms with van der Waals surface area (Å²) in [6, 6.07) is 17.2. The molecule has 3 rings (SSSR count). The highest BCUT2D eigenvalue weighted by Crippen LogP contribution is 2.20. The summed E-state index contributed by atoms with van der Waals surface area (Å²) in [6.07, 6.45) is 5.02. The molecule has 134 valence electrons. The SMILES string of the molecule is O=C(Nc1ccccc1)C1CCCN(C(=O)C=Cc2ccccc2Br)C1. The van der Waals surface area contributed by atoms with Gasteiger partial charge >= 0.3 is 0 Å². The van der Waals surface area contributed by atoms with Crippen molar-refractivity contribution in [3.05, 3.63) is 70.7 Å². The maximum atomic E-state index is 12.5. The molecular formula is C21H21BrN2O2. The van der Waals surface area contributed by atoms with Crippen molar-refractivity contribution in [3.63, 3.8) is 0 Å². The fourth-order valence-electron chi connectivity index (χ4n) is 3.03. The summed E-state index contributed by atoms with van der Waals surface area (Å²) in [6.45, 7) is 1.14. The van der Waals surface area contributed by atoms with Crippen molar-refractivity contribution in [2.75, 3.05) is 18.4 Å². The fourth-order valence-corrected chi connectivity index (χ4v) is 3.45. The molecule has 2 aromatic carbocycles. The van der Waals surface area contributed by atoms with E-state index in [1.165, 1.54) is 0 Å². The summed E-state index contributed by atoms with van der Waals surface area (Å²) in [4.78, 5) is 26.7. The number of benzene rings is 2. The molecular weight excluding hydrogens is 392 g/mol. The van der Waals surface area contributed by atoms with Crippen molar-refractivity contribution < 1.29 is 9.59 Å². The quantitative estimate of drug-likeness (QED) is 0.759. The van der Waals surface area contributed by atoms with Gasteiger partial charge in [0.1, 0.15) is 0 Å². The highest BCUT2D eigenvalue weighted by molar-refractivity contribution is 9.10. The average molecular weight is 413 g/mol. The number of nitrogens with zero attached hydrogens (tertiary/aromatic N) is 1. The number of halogens is 1. The smallest absolute Gasteiger partial charge is 0.246 e. The number of amides is 2. The van der Waals surface area contributed by atoms with Crippen LogP contribution in [0.4, 0.5) is 5.69 Å². The Hall–Kier alpha value is -2.40. The van der Waals surface area contributed by atoms with Crippen LogP contribution in [0.25, 0.3) is 6.08 Å². The van der Waals surface area contributed by atoms with Crippen molar-refractivity contribution in [1.29, 1.82) is 0 Å². The first-order chi connectivity index (χ1) is 12.6. The molecule has 1 heterocycles. The third kappa shape index (κ3) is 4.82. The number of carbonyl (C=O) groups excluding carboxylic acids is 2. The summed E-state index contributed by atoms with van der Waals surface area (Å²) in [5.74, 6) is -0.258. The van der Waals surface area contributed by atoms with Crippen LogP contribution < -0.4 is 5.32 Å². The van der Waals surface area contributed by atoms with Gasteiger partial charge in [-0.05, 0) is 42.7 Å². The molecule has 1 aliphatic rings. The first kappa shape index (κ1) is 18.4. The van der Waals surface area contributed by atoms with Crippen LogP contribution in [0.15, 0.2) is 65.1 Å². The first-order valence-electron chi connectivity index (χ1n) is 8.71. The monoisotopic (exact) mass is 412 g/mol. The van der Waals surface area contributed by atoms with Crippen molar-refractivity contribution in [1.82, 2.24) is 4.90 Å². The van der Waals surface area contributed by atoms with E-state index in [0.717, 1.165) is 28.6 Å². The molecule has 2 aromatic rings. The molecule has 0 aliphatic carbocycles. The standard InChI is InChI=1S/C21H21BrN2O2/c22-19-11-5-4-7-16(19)12-13-20(25)24-14-6-8-17(15-24)21(26)23-18-9-2-1-3-10-18/h1-5,7,9-13,17H,6,8,14-15H2,(H,23,26). The number of piperidine rings is 1. The van der Waals surface area contributed by atoms with Crippen LogP contribution >= 0.6 is 15.9 Å². The normalized spacial score (nSPS) is 17.3. The lowest BCUT2D eigenvalue weighted by Gasteiger charge is -2.31. The minimum atomic E-state index is -0.176. The fraction of sp³-hybridized carbons (Fsp3) is 0.238. The van der Waals surface area contributed by atoms with Gasteiger partial charge in [0, 0.05) is 29.3 Å². The molecule has 0 bridgehead atoms. The van der Waals surface area contributed by atoms with Crippen molar-refractivity contribution in [2.24, 2.45) is 5.92 Å². The molecule has 1 atom stereocenters. The number of nitrogens with one attached hydrogen (secondary N) is 1. The third-order valence-corrected chi connectivity index (χ3v) is 5.18. The Morgan fingerprint density at radius 3 is 2.58 bits per heavy atom. The second-order valence-corrected chi connectivity index (χ2v) is 7.19. The summed E-state index contributed by atoms with van der Waals surface area (Å²) in [5, 5.41) is 2.94. The lowest BCUT2D eigenvalue weighted by atomic mass is 9.97. The van der Waals surface area contributed by atoms with E-state index in [0.29, 0.717) is 13.1 Å². The Labute approximate surface area is 162 Å². The predicted molar refractivity (Wildman–Crippen MR) is 108 cm³/mol. The van der Waals surface area contributed by atoms with Crippen LogP contribution in [0.2, 0.25) is 0 Å². The summed E-state index contributed by atoms with van der Waals surface area (Å²) in [7, 11) is 0. The van der Waals surface area contributed by atoms with E-state index in [1.807, 2.05) is 54.6 Å². The maximum Gasteiger partial charge on any atom is 0.246 e. The lowest BCUT2D eigenvalue weighted by Crippen LogP contribution is -2.43. The summed E-state index contributed by atoms with van der Waals surface area (Å²) < 4.78 is 0.947. The number of para-hydroxylation sites is 1. The molecule has 1 saturated heterocycles. The van der Waals surface area contributed by atoms with Crippen molar-refractivity contribution in [3.8, 4) is 0 Å². The topological polar surface area (TPSA) is 49.4 Å². The van der Waals surface area contributed by atoms with Gasteiger partial charge in [-0.3, -0.25) is 9.59 Å². The van der Waals surface area contributed by atoms with Gasteiger partial charge in [0.15, 0.2) is 0 Å². The van der Waals surface area contributed by atoms with E-state index in [-0.39, 0.29) is 17.7 Å². The summed E-state index contributed by atoms with van der Waals surface area (Å²) in [5.41, 5.74) is 1.74. The second-order valence-electron chi connectivity index (χ2n) is 6.33. The Balaban J connectivity index is 1.60. The molecule has 0 aromatic heterocycles. The molecule has 1 fully saturated rings. The Kier molecular flexibility index (Phi) is 6.23. The van der Waals surface area contributed by atoms with Gasteiger partial charge in [0.2, 0.25) is 11.8 Å². The predicted octanol–water partition coefficient (Wildman–Crippen LogP) is 4.34. The Bertz CT molecular complexity index is 805. The number of likely N-dealkylation sites (tertiary alicyclic amines) is 1. The van der Waals surface area contributed by atoms with Crippen molar-refractivity contribution in [2.45, 2.75) is 12.8 Å². The van der Waals surface area contributed by atoms with Crippen LogP contribution in [0, 0.1) is 5.92 Å². The van der Waals surface area contributed by atoms with Gasteiger partial charge < -0.3 is 10.2 Å². The van der Waals surface area contributed by atoms with E-state index >= 15 is 0 Å². The molecule has 4 nitrogen and oxygen atoms in total. The molecule has 1 unspecified atom stereocenters. The van der Waals surface area contributed by atoms with E-state index in [9.17, 15) is 9.59 Å². The van der Waals surface area contributed by atoms with Crippen LogP contribution in [0.1, 0.15) is 18.4 Å². The number of rotatable bonds is 4. The van der Waals surface area contributed by atoms with Gasteiger partial charge in [0.25, 0.3) is 0 Å². The van der Waals surface area contributed by atoms with Gasteiger partial charge in [-0.1, -0.05) is 52.3 Å². The highest BCUT2D eigenvalue weighted by atomic mass is 79.9. The number of hydrogen-bond acceptors (Lipinski definition) is 2. The van der Waals surface area contributed by atoms with E-state index in [4.69, 9.17) is 0 Å². The molecule has 1 N–H and O–H groups in total.